The first-order valence-electron chi connectivity index (χ1n) is 5.66. The number of hydrogen-bond acceptors (Lipinski definition) is 1. The molecule has 0 saturated carbocycles. The van der Waals surface area contributed by atoms with E-state index in [4.69, 9.17) is 0 Å². The number of rotatable bonds is 0. The quantitative estimate of drug-likeness (QED) is 0.626. The third-order valence-corrected chi connectivity index (χ3v) is 3.60. The molecule has 1 aliphatic heterocycles. The molecule has 0 saturated heterocycles. The van der Waals surface area contributed by atoms with Crippen molar-refractivity contribution in [1.29, 1.82) is 0 Å². The molecule has 2 aromatic rings. The summed E-state index contributed by atoms with van der Waals surface area (Å²) in [5.41, 5.74) is 6.99. The molecular weight excluding hydrogens is 194 g/mol. The summed E-state index contributed by atoms with van der Waals surface area (Å²) in [6.07, 6.45) is 3.07. The van der Waals surface area contributed by atoms with Crippen molar-refractivity contribution in [2.75, 3.05) is 0 Å². The summed E-state index contributed by atoms with van der Waals surface area (Å²) in [5.74, 6) is 0. The fourth-order valence-electron chi connectivity index (χ4n) is 2.87. The van der Waals surface area contributed by atoms with E-state index in [0.29, 0.717) is 0 Å². The number of nitrogens with zero attached hydrogens (tertiary/aromatic N) is 1. The SMILES string of the molecule is C1=N[C@H]2c3ccccc3Cc3cccc1c32. The van der Waals surface area contributed by atoms with Gasteiger partial charge in [0.1, 0.15) is 6.04 Å². The van der Waals surface area contributed by atoms with Crippen molar-refractivity contribution in [3.8, 4) is 0 Å². The van der Waals surface area contributed by atoms with Crippen LogP contribution in [0.25, 0.3) is 0 Å². The Morgan fingerprint density at radius 2 is 1.81 bits per heavy atom. The Morgan fingerprint density at radius 1 is 0.938 bits per heavy atom. The van der Waals surface area contributed by atoms with Crippen LogP contribution in [-0.2, 0) is 6.42 Å². The van der Waals surface area contributed by atoms with Gasteiger partial charge in [-0.25, -0.2) is 0 Å². The van der Waals surface area contributed by atoms with Crippen LogP contribution in [0.4, 0.5) is 0 Å². The number of aliphatic imine (C=N–C) groups is 1. The molecule has 0 amide bonds. The first-order valence-corrected chi connectivity index (χ1v) is 5.66. The maximum atomic E-state index is 4.65. The van der Waals surface area contributed by atoms with Gasteiger partial charge in [0, 0.05) is 6.21 Å². The molecule has 0 unspecified atom stereocenters. The molecule has 16 heavy (non-hydrogen) atoms. The van der Waals surface area contributed by atoms with E-state index in [1.54, 1.807) is 0 Å². The molecule has 0 aromatic heterocycles. The number of fused-ring (bicyclic) bond motifs is 2. The topological polar surface area (TPSA) is 12.4 Å². The highest BCUT2D eigenvalue weighted by atomic mass is 14.8. The normalized spacial score (nSPS) is 19.4. The van der Waals surface area contributed by atoms with Crippen molar-refractivity contribution < 1.29 is 0 Å². The Hall–Kier alpha value is -1.89. The van der Waals surface area contributed by atoms with Gasteiger partial charge in [-0.3, -0.25) is 4.99 Å². The van der Waals surface area contributed by atoms with Gasteiger partial charge in [0.15, 0.2) is 0 Å². The fourth-order valence-corrected chi connectivity index (χ4v) is 2.87. The minimum atomic E-state index is 0.260. The van der Waals surface area contributed by atoms with Crippen LogP contribution in [0.3, 0.4) is 0 Å². The van der Waals surface area contributed by atoms with Crippen LogP contribution in [-0.4, -0.2) is 6.21 Å². The summed E-state index contributed by atoms with van der Waals surface area (Å²) in [7, 11) is 0. The summed E-state index contributed by atoms with van der Waals surface area (Å²) in [4.78, 5) is 4.65. The number of benzene rings is 2. The van der Waals surface area contributed by atoms with Crippen molar-refractivity contribution >= 4 is 6.21 Å². The minimum Gasteiger partial charge on any atom is -0.280 e. The molecule has 1 atom stereocenters. The van der Waals surface area contributed by atoms with E-state index < -0.39 is 0 Å². The molecule has 1 heteroatoms. The Balaban J connectivity index is 2.04. The molecule has 4 rings (SSSR count). The lowest BCUT2D eigenvalue weighted by Crippen LogP contribution is -2.10. The second kappa shape index (κ2) is 2.82. The lowest BCUT2D eigenvalue weighted by Gasteiger charge is -2.23. The van der Waals surface area contributed by atoms with Crippen molar-refractivity contribution in [2.45, 2.75) is 12.5 Å². The van der Waals surface area contributed by atoms with Gasteiger partial charge in [-0.05, 0) is 34.2 Å². The standard InChI is InChI=1S/C15H11N/c1-2-7-13-10(4-1)8-11-5-3-6-12-9-16-15(13)14(11)12/h1-7,9,15H,8H2/t15-/m0/s1. The molecule has 0 radical (unpaired) electrons. The van der Waals surface area contributed by atoms with Gasteiger partial charge in [0.2, 0.25) is 0 Å². The van der Waals surface area contributed by atoms with Crippen LogP contribution in [0, 0.1) is 0 Å². The van der Waals surface area contributed by atoms with E-state index in [2.05, 4.69) is 47.5 Å². The summed E-state index contributed by atoms with van der Waals surface area (Å²) < 4.78 is 0. The van der Waals surface area contributed by atoms with Crippen molar-refractivity contribution in [1.82, 2.24) is 0 Å². The largest absolute Gasteiger partial charge is 0.280 e. The smallest absolute Gasteiger partial charge is 0.101 e. The van der Waals surface area contributed by atoms with Gasteiger partial charge < -0.3 is 0 Å². The van der Waals surface area contributed by atoms with Crippen LogP contribution >= 0.6 is 0 Å². The van der Waals surface area contributed by atoms with Crippen molar-refractivity contribution in [3.05, 3.63) is 70.3 Å². The van der Waals surface area contributed by atoms with E-state index in [1.807, 2.05) is 6.21 Å². The van der Waals surface area contributed by atoms with Crippen LogP contribution in [0.1, 0.15) is 33.9 Å². The maximum absolute atomic E-state index is 4.65. The Bertz CT molecular complexity index is 611. The molecule has 1 heterocycles. The van der Waals surface area contributed by atoms with Gasteiger partial charge >= 0.3 is 0 Å². The molecule has 2 aromatic carbocycles. The minimum absolute atomic E-state index is 0.260. The average Bonchev–Trinajstić information content (AvgIpc) is 2.76. The predicted molar refractivity (Wildman–Crippen MR) is 65.1 cm³/mol. The van der Waals surface area contributed by atoms with E-state index in [1.165, 1.54) is 27.8 Å². The van der Waals surface area contributed by atoms with Gasteiger partial charge in [-0.15, -0.1) is 0 Å². The molecule has 1 aliphatic carbocycles. The Morgan fingerprint density at radius 3 is 2.81 bits per heavy atom. The molecule has 0 spiro atoms. The number of hydrogen-bond donors (Lipinski definition) is 0. The lowest BCUT2D eigenvalue weighted by atomic mass is 9.82. The lowest BCUT2D eigenvalue weighted by molar-refractivity contribution is 0.831. The molecule has 76 valence electrons. The third kappa shape index (κ3) is 0.929. The van der Waals surface area contributed by atoms with E-state index in [9.17, 15) is 0 Å². The van der Waals surface area contributed by atoms with Crippen molar-refractivity contribution in [3.63, 3.8) is 0 Å². The van der Waals surface area contributed by atoms with Gasteiger partial charge in [-0.2, -0.15) is 0 Å². The second-order valence-corrected chi connectivity index (χ2v) is 4.48. The molecule has 0 bridgehead atoms. The molecule has 0 fully saturated rings. The predicted octanol–water partition coefficient (Wildman–Crippen LogP) is 3.11. The monoisotopic (exact) mass is 205 g/mol. The van der Waals surface area contributed by atoms with Crippen LogP contribution in [0.15, 0.2) is 47.5 Å². The van der Waals surface area contributed by atoms with Crippen molar-refractivity contribution in [2.24, 2.45) is 4.99 Å². The van der Waals surface area contributed by atoms with E-state index in [-0.39, 0.29) is 6.04 Å². The zero-order valence-corrected chi connectivity index (χ0v) is 8.85. The summed E-state index contributed by atoms with van der Waals surface area (Å²) in [5, 5.41) is 0. The molecular formula is C15H11N. The highest BCUT2D eigenvalue weighted by molar-refractivity contribution is 5.87. The first-order chi connectivity index (χ1) is 7.93. The Kier molecular flexibility index (Phi) is 1.46. The fraction of sp³-hybridized carbons (Fsp3) is 0.133. The first kappa shape index (κ1) is 8.28. The van der Waals surface area contributed by atoms with E-state index in [0.717, 1.165) is 6.42 Å². The molecule has 2 aliphatic rings. The Labute approximate surface area is 94.5 Å². The summed E-state index contributed by atoms with van der Waals surface area (Å²) >= 11 is 0. The van der Waals surface area contributed by atoms with Crippen LogP contribution in [0.2, 0.25) is 0 Å². The van der Waals surface area contributed by atoms with Crippen LogP contribution < -0.4 is 0 Å². The second-order valence-electron chi connectivity index (χ2n) is 4.48. The maximum Gasteiger partial charge on any atom is 0.101 e. The summed E-state index contributed by atoms with van der Waals surface area (Å²) in [6, 6.07) is 15.5. The molecule has 1 nitrogen and oxygen atoms in total. The van der Waals surface area contributed by atoms with E-state index >= 15 is 0 Å². The molecule has 0 N–H and O–H groups in total. The highest BCUT2D eigenvalue weighted by Gasteiger charge is 2.29. The summed E-state index contributed by atoms with van der Waals surface area (Å²) in [6.45, 7) is 0. The average molecular weight is 205 g/mol. The van der Waals surface area contributed by atoms with Crippen LogP contribution in [0.5, 0.6) is 0 Å². The van der Waals surface area contributed by atoms with Gasteiger partial charge in [-0.1, -0.05) is 42.5 Å². The zero-order chi connectivity index (χ0) is 10.5. The zero-order valence-electron chi connectivity index (χ0n) is 8.85. The van der Waals surface area contributed by atoms with Gasteiger partial charge in [0.05, 0.1) is 0 Å². The third-order valence-electron chi connectivity index (χ3n) is 3.60. The van der Waals surface area contributed by atoms with Gasteiger partial charge in [0.25, 0.3) is 0 Å². The highest BCUT2D eigenvalue weighted by Crippen LogP contribution is 2.41.